The lowest BCUT2D eigenvalue weighted by Crippen LogP contribution is -1.84. The van der Waals surface area contributed by atoms with Gasteiger partial charge in [0, 0.05) is 29.9 Å². The fourth-order valence-corrected chi connectivity index (χ4v) is 10.1. The number of thiophene rings is 2. The van der Waals surface area contributed by atoms with Gasteiger partial charge in [-0.25, -0.2) is 0 Å². The molecule has 262 valence electrons. The zero-order valence-electron chi connectivity index (χ0n) is 30.8. The van der Waals surface area contributed by atoms with Crippen molar-refractivity contribution in [3.05, 3.63) is 58.3 Å². The minimum atomic E-state index is 1.24. The van der Waals surface area contributed by atoms with Crippen LogP contribution in [0.3, 0.4) is 0 Å². The van der Waals surface area contributed by atoms with Gasteiger partial charge in [-0.15, -0.1) is 22.7 Å². The van der Waals surface area contributed by atoms with Crippen LogP contribution in [0.25, 0.3) is 41.7 Å². The molecule has 0 unspecified atom stereocenters. The van der Waals surface area contributed by atoms with E-state index in [0.717, 1.165) is 0 Å². The predicted molar refractivity (Wildman–Crippen MR) is 222 cm³/mol. The smallest absolute Gasteiger partial charge is 0.0352 e. The topological polar surface area (TPSA) is 0 Å². The number of rotatable bonds is 26. The second kappa shape index (κ2) is 21.3. The molecule has 48 heavy (non-hydrogen) atoms. The summed E-state index contributed by atoms with van der Waals surface area (Å²) in [7, 11) is 0. The average molecular weight is 683 g/mol. The molecular formula is C46H66S2. The third kappa shape index (κ3) is 11.3. The second-order valence-electron chi connectivity index (χ2n) is 14.9. The first kappa shape index (κ1) is 37.4. The predicted octanol–water partition coefficient (Wildman–Crippen LogP) is 16.9. The molecule has 0 fully saturated rings. The summed E-state index contributed by atoms with van der Waals surface area (Å²) in [4.78, 5) is 3.14. The molecule has 0 saturated heterocycles. The summed E-state index contributed by atoms with van der Waals surface area (Å²) in [6, 6.07) is 19.5. The Morgan fingerprint density at radius 2 is 0.583 bits per heavy atom. The molecule has 0 saturated carbocycles. The zero-order chi connectivity index (χ0) is 33.2. The summed E-state index contributed by atoms with van der Waals surface area (Å²) in [5.41, 5.74) is 0. The largest absolute Gasteiger partial charge is 0.140 e. The number of benzene rings is 3. The molecule has 0 spiro atoms. The maximum absolute atomic E-state index is 2.52. The Morgan fingerprint density at radius 1 is 0.312 bits per heavy atom. The normalized spacial score (nSPS) is 12.0. The van der Waals surface area contributed by atoms with Crippen molar-refractivity contribution in [2.75, 3.05) is 0 Å². The first-order chi connectivity index (χ1) is 23.8. The molecule has 0 aliphatic carbocycles. The average Bonchev–Trinajstić information content (AvgIpc) is 3.73. The van der Waals surface area contributed by atoms with Crippen LogP contribution in [-0.4, -0.2) is 0 Å². The summed E-state index contributed by atoms with van der Waals surface area (Å²) in [6.07, 6.45) is 36.5. The number of unbranched alkanes of at least 4 members (excludes halogenated alkanes) is 22. The minimum Gasteiger partial charge on any atom is -0.140 e. The molecule has 0 atom stereocenters. The van der Waals surface area contributed by atoms with Gasteiger partial charge in [0.2, 0.25) is 0 Å². The lowest BCUT2D eigenvalue weighted by atomic mass is 9.97. The van der Waals surface area contributed by atoms with Crippen LogP contribution < -0.4 is 0 Å². The summed E-state index contributed by atoms with van der Waals surface area (Å²) in [6.45, 7) is 4.61. The second-order valence-corrected chi connectivity index (χ2v) is 17.3. The summed E-state index contributed by atoms with van der Waals surface area (Å²) in [5.74, 6) is 0. The summed E-state index contributed by atoms with van der Waals surface area (Å²) >= 11 is 4.05. The molecule has 0 radical (unpaired) electrons. The van der Waals surface area contributed by atoms with Crippen LogP contribution in [-0.2, 0) is 12.8 Å². The van der Waals surface area contributed by atoms with E-state index < -0.39 is 0 Å². The van der Waals surface area contributed by atoms with Crippen molar-refractivity contribution in [3.63, 3.8) is 0 Å². The van der Waals surface area contributed by atoms with Crippen LogP contribution in [0, 0.1) is 0 Å². The van der Waals surface area contributed by atoms with Gasteiger partial charge in [0.15, 0.2) is 0 Å². The minimum absolute atomic E-state index is 1.24. The molecule has 5 rings (SSSR count). The van der Waals surface area contributed by atoms with E-state index in [2.05, 4.69) is 62.4 Å². The Morgan fingerprint density at radius 3 is 0.917 bits per heavy atom. The third-order valence-corrected chi connectivity index (χ3v) is 13.2. The van der Waals surface area contributed by atoms with Gasteiger partial charge in [-0.2, -0.15) is 0 Å². The van der Waals surface area contributed by atoms with E-state index >= 15 is 0 Å². The molecule has 2 heteroatoms. The van der Waals surface area contributed by atoms with Crippen LogP contribution >= 0.6 is 22.7 Å². The lowest BCUT2D eigenvalue weighted by molar-refractivity contribution is 0.544. The zero-order valence-corrected chi connectivity index (χ0v) is 32.5. The highest BCUT2D eigenvalue weighted by Crippen LogP contribution is 2.39. The fourth-order valence-electron chi connectivity index (χ4n) is 7.89. The van der Waals surface area contributed by atoms with Gasteiger partial charge >= 0.3 is 0 Å². The highest BCUT2D eigenvalue weighted by molar-refractivity contribution is 7.19. The van der Waals surface area contributed by atoms with Crippen molar-refractivity contribution in [3.8, 4) is 0 Å². The molecule has 0 aliphatic heterocycles. The number of aryl methyl sites for hydroxylation is 2. The van der Waals surface area contributed by atoms with Crippen LogP contribution in [0.5, 0.6) is 0 Å². The van der Waals surface area contributed by atoms with E-state index in [4.69, 9.17) is 0 Å². The molecule has 2 aromatic heterocycles. The third-order valence-electron chi connectivity index (χ3n) is 10.8. The van der Waals surface area contributed by atoms with E-state index in [1.54, 1.807) is 9.75 Å². The van der Waals surface area contributed by atoms with Gasteiger partial charge in [-0.05, 0) is 71.5 Å². The van der Waals surface area contributed by atoms with E-state index in [9.17, 15) is 0 Å². The molecule has 5 aromatic rings. The van der Waals surface area contributed by atoms with Crippen LogP contribution in [0.4, 0.5) is 0 Å². The molecule has 0 N–H and O–H groups in total. The standard InChI is InChI=1S/C46H66S2/c1-3-5-7-9-11-13-15-17-19-21-23-25-27-37-35-43-41-29-30-42-40(39(41)31-33-45(43)47-37)32-34-46-44(42)36-38(48-46)28-26-24-22-20-18-16-14-12-10-8-6-4-2/h29-36H,3-28H2,1-2H3. The van der Waals surface area contributed by atoms with E-state index in [0.29, 0.717) is 0 Å². The van der Waals surface area contributed by atoms with Crippen molar-refractivity contribution < 1.29 is 0 Å². The molecule has 3 aromatic carbocycles. The molecule has 0 bridgehead atoms. The molecule has 0 amide bonds. The van der Waals surface area contributed by atoms with Crippen LogP contribution in [0.1, 0.15) is 178 Å². The van der Waals surface area contributed by atoms with E-state index in [1.165, 1.54) is 209 Å². The molecular weight excluding hydrogens is 617 g/mol. The lowest BCUT2D eigenvalue weighted by Gasteiger charge is -2.06. The Hall–Kier alpha value is -1.90. The maximum Gasteiger partial charge on any atom is 0.0352 e. The van der Waals surface area contributed by atoms with Gasteiger partial charge in [-0.3, -0.25) is 0 Å². The van der Waals surface area contributed by atoms with Crippen molar-refractivity contribution in [2.45, 2.75) is 181 Å². The molecule has 0 nitrogen and oxygen atoms in total. The SMILES string of the molecule is CCCCCCCCCCCCCCc1cc2c(ccc3c2ccc2c4cc(CCCCCCCCCCCCCC)sc4ccc23)s1. The number of hydrogen-bond donors (Lipinski definition) is 0. The van der Waals surface area contributed by atoms with E-state index in [-0.39, 0.29) is 0 Å². The maximum atomic E-state index is 2.52. The van der Waals surface area contributed by atoms with Gasteiger partial charge in [0.1, 0.15) is 0 Å². The van der Waals surface area contributed by atoms with Crippen LogP contribution in [0.2, 0.25) is 0 Å². The van der Waals surface area contributed by atoms with Gasteiger partial charge in [-0.1, -0.05) is 179 Å². The Kier molecular flexibility index (Phi) is 16.6. The molecule has 2 heterocycles. The van der Waals surface area contributed by atoms with Crippen molar-refractivity contribution >= 4 is 64.4 Å². The fraction of sp³-hybridized carbons (Fsp3) is 0.609. The highest BCUT2D eigenvalue weighted by atomic mass is 32.1. The summed E-state index contributed by atoms with van der Waals surface area (Å²) < 4.78 is 2.91. The van der Waals surface area contributed by atoms with Crippen molar-refractivity contribution in [2.24, 2.45) is 0 Å². The highest BCUT2D eigenvalue weighted by Gasteiger charge is 2.12. The van der Waals surface area contributed by atoms with Crippen molar-refractivity contribution in [1.82, 2.24) is 0 Å². The Balaban J connectivity index is 1.07. The first-order valence-electron chi connectivity index (χ1n) is 20.6. The van der Waals surface area contributed by atoms with Crippen LogP contribution in [0.15, 0.2) is 48.5 Å². The monoisotopic (exact) mass is 682 g/mol. The van der Waals surface area contributed by atoms with E-state index in [1.807, 2.05) is 22.7 Å². The van der Waals surface area contributed by atoms with Gasteiger partial charge < -0.3 is 0 Å². The first-order valence-corrected chi connectivity index (χ1v) is 22.2. The van der Waals surface area contributed by atoms with Crippen molar-refractivity contribution in [1.29, 1.82) is 0 Å². The van der Waals surface area contributed by atoms with Gasteiger partial charge in [0.05, 0.1) is 0 Å². The van der Waals surface area contributed by atoms with Gasteiger partial charge in [0.25, 0.3) is 0 Å². The Labute approximate surface area is 302 Å². The molecule has 0 aliphatic rings. The Bertz CT molecular complexity index is 1500. The number of hydrogen-bond acceptors (Lipinski definition) is 2. The quantitative estimate of drug-likeness (QED) is 0.0402. The summed E-state index contributed by atoms with van der Waals surface area (Å²) in [5, 5.41) is 8.64. The number of fused-ring (bicyclic) bond motifs is 7.